The van der Waals surface area contributed by atoms with Gasteiger partial charge in [0, 0.05) is 5.56 Å². The number of aromatic amines is 1. The first-order chi connectivity index (χ1) is 10.3. The van der Waals surface area contributed by atoms with E-state index in [4.69, 9.17) is 5.73 Å². The molecule has 0 saturated carbocycles. The molecule has 4 N–H and O–H groups in total. The smallest absolute Gasteiger partial charge is 0.250 e. The molecule has 3 heterocycles. The number of nitrogens with zero attached hydrogens (tertiary/aromatic N) is 3. The van der Waals surface area contributed by atoms with E-state index >= 15 is 0 Å². The summed E-state index contributed by atoms with van der Waals surface area (Å²) in [7, 11) is 0. The second kappa shape index (κ2) is 4.20. The number of aromatic nitrogens is 4. The Morgan fingerprint density at radius 3 is 3.00 bits per heavy atom. The number of fused-ring (bicyclic) bond motifs is 3. The Kier molecular flexibility index (Phi) is 2.34. The minimum absolute atomic E-state index is 0.430. The predicted molar refractivity (Wildman–Crippen MR) is 77.0 cm³/mol. The van der Waals surface area contributed by atoms with Crippen LogP contribution in [0.25, 0.3) is 16.9 Å². The number of primary amides is 1. The molecule has 1 aliphatic heterocycles. The van der Waals surface area contributed by atoms with Gasteiger partial charge in [0.2, 0.25) is 0 Å². The number of anilines is 1. The van der Waals surface area contributed by atoms with Gasteiger partial charge in [-0.2, -0.15) is 10.2 Å². The number of nitrogens with two attached hydrogens (primary N) is 1. The zero-order valence-corrected chi connectivity index (χ0v) is 11.0. The van der Waals surface area contributed by atoms with E-state index in [0.717, 1.165) is 22.6 Å². The summed E-state index contributed by atoms with van der Waals surface area (Å²) in [4.78, 5) is 11.6. The van der Waals surface area contributed by atoms with E-state index in [0.29, 0.717) is 17.8 Å². The number of nitrogens with one attached hydrogen (secondary N) is 2. The highest BCUT2D eigenvalue weighted by Crippen LogP contribution is 2.36. The van der Waals surface area contributed by atoms with E-state index in [9.17, 15) is 4.79 Å². The van der Waals surface area contributed by atoms with Gasteiger partial charge < -0.3 is 11.1 Å². The predicted octanol–water partition coefficient (Wildman–Crippen LogP) is 1.29. The average Bonchev–Trinajstić information content (AvgIpc) is 3.12. The molecule has 0 bridgehead atoms. The molecule has 7 heteroatoms. The lowest BCUT2D eigenvalue weighted by molar-refractivity contribution is 0.1000. The van der Waals surface area contributed by atoms with E-state index in [2.05, 4.69) is 20.6 Å². The molecular formula is C14H12N6O. The monoisotopic (exact) mass is 280 g/mol. The summed E-state index contributed by atoms with van der Waals surface area (Å²) in [6, 6.07) is 7.14. The van der Waals surface area contributed by atoms with Gasteiger partial charge in [0.05, 0.1) is 41.6 Å². The first-order valence-corrected chi connectivity index (χ1v) is 6.49. The van der Waals surface area contributed by atoms with E-state index in [1.54, 1.807) is 29.2 Å². The molecule has 21 heavy (non-hydrogen) atoms. The SMILES string of the molecule is NC(=O)c1ccccc1-n1ncc2c1-c1cn[nH]c1CN2. The molecule has 7 nitrogen and oxygen atoms in total. The molecular weight excluding hydrogens is 268 g/mol. The van der Waals surface area contributed by atoms with E-state index in [1.807, 2.05) is 12.1 Å². The summed E-state index contributed by atoms with van der Waals surface area (Å²) in [6.07, 6.45) is 3.50. The molecule has 0 unspecified atom stereocenters. The van der Waals surface area contributed by atoms with Crippen LogP contribution in [0.3, 0.4) is 0 Å². The third kappa shape index (κ3) is 1.64. The van der Waals surface area contributed by atoms with Gasteiger partial charge in [0.25, 0.3) is 5.91 Å². The molecule has 0 fully saturated rings. The molecule has 0 spiro atoms. The van der Waals surface area contributed by atoms with Gasteiger partial charge in [-0.3, -0.25) is 9.89 Å². The number of amides is 1. The number of para-hydroxylation sites is 1. The Labute approximate surface area is 119 Å². The zero-order chi connectivity index (χ0) is 14.4. The Balaban J connectivity index is 1.98. The van der Waals surface area contributed by atoms with Crippen molar-refractivity contribution in [2.45, 2.75) is 6.54 Å². The zero-order valence-electron chi connectivity index (χ0n) is 11.0. The molecule has 0 saturated heterocycles. The van der Waals surface area contributed by atoms with Crippen LogP contribution < -0.4 is 11.1 Å². The number of rotatable bonds is 2. The van der Waals surface area contributed by atoms with Crippen LogP contribution in [0.2, 0.25) is 0 Å². The maximum atomic E-state index is 11.6. The summed E-state index contributed by atoms with van der Waals surface area (Å²) < 4.78 is 1.72. The lowest BCUT2D eigenvalue weighted by Gasteiger charge is -2.16. The van der Waals surface area contributed by atoms with Crippen LogP contribution in [0.15, 0.2) is 36.7 Å². The molecule has 0 atom stereocenters. The van der Waals surface area contributed by atoms with Crippen molar-refractivity contribution < 1.29 is 4.79 Å². The second-order valence-corrected chi connectivity index (χ2v) is 4.82. The Hall–Kier alpha value is -3.09. The van der Waals surface area contributed by atoms with Crippen molar-refractivity contribution in [3.8, 4) is 16.9 Å². The van der Waals surface area contributed by atoms with Crippen LogP contribution in [0.4, 0.5) is 5.69 Å². The number of hydrogen-bond acceptors (Lipinski definition) is 4. The highest BCUT2D eigenvalue weighted by Gasteiger charge is 2.24. The first kappa shape index (κ1) is 11.7. The van der Waals surface area contributed by atoms with Gasteiger partial charge >= 0.3 is 0 Å². The van der Waals surface area contributed by atoms with Crippen molar-refractivity contribution in [2.24, 2.45) is 5.73 Å². The Morgan fingerprint density at radius 2 is 2.14 bits per heavy atom. The molecule has 3 aromatic rings. The molecule has 0 aliphatic carbocycles. The fourth-order valence-corrected chi connectivity index (χ4v) is 2.62. The largest absolute Gasteiger partial charge is 0.376 e. The van der Waals surface area contributed by atoms with Gasteiger partial charge in [-0.25, -0.2) is 4.68 Å². The normalized spacial score (nSPS) is 12.4. The molecule has 4 rings (SSSR count). The van der Waals surface area contributed by atoms with Crippen LogP contribution in [0, 0.1) is 0 Å². The number of carbonyl (C=O) groups excluding carboxylic acids is 1. The Bertz CT molecular complexity index is 847. The summed E-state index contributed by atoms with van der Waals surface area (Å²) in [6.45, 7) is 0.672. The topological polar surface area (TPSA) is 102 Å². The molecule has 1 aromatic carbocycles. The lowest BCUT2D eigenvalue weighted by atomic mass is 10.1. The van der Waals surface area contributed by atoms with Crippen molar-refractivity contribution in [1.29, 1.82) is 0 Å². The minimum atomic E-state index is -0.481. The summed E-state index contributed by atoms with van der Waals surface area (Å²) in [5.74, 6) is -0.481. The van der Waals surface area contributed by atoms with Gasteiger partial charge in [-0.1, -0.05) is 12.1 Å². The molecule has 1 aliphatic rings. The van der Waals surface area contributed by atoms with Crippen LogP contribution in [-0.4, -0.2) is 25.9 Å². The van der Waals surface area contributed by atoms with E-state index < -0.39 is 5.91 Å². The molecule has 2 aromatic heterocycles. The third-order valence-corrected chi connectivity index (χ3v) is 3.60. The Morgan fingerprint density at radius 1 is 1.29 bits per heavy atom. The van der Waals surface area contributed by atoms with Crippen molar-refractivity contribution >= 4 is 11.6 Å². The van der Waals surface area contributed by atoms with Crippen molar-refractivity contribution in [3.63, 3.8) is 0 Å². The van der Waals surface area contributed by atoms with Crippen LogP contribution in [0.5, 0.6) is 0 Å². The average molecular weight is 280 g/mol. The fourth-order valence-electron chi connectivity index (χ4n) is 2.62. The summed E-state index contributed by atoms with van der Waals surface area (Å²) >= 11 is 0. The third-order valence-electron chi connectivity index (χ3n) is 3.60. The van der Waals surface area contributed by atoms with Gasteiger partial charge in [0.15, 0.2) is 0 Å². The fraction of sp³-hybridized carbons (Fsp3) is 0.0714. The first-order valence-electron chi connectivity index (χ1n) is 6.49. The van der Waals surface area contributed by atoms with Crippen LogP contribution >= 0.6 is 0 Å². The van der Waals surface area contributed by atoms with E-state index in [-0.39, 0.29) is 0 Å². The number of benzene rings is 1. The van der Waals surface area contributed by atoms with Crippen molar-refractivity contribution in [1.82, 2.24) is 20.0 Å². The van der Waals surface area contributed by atoms with Crippen molar-refractivity contribution in [2.75, 3.05) is 5.32 Å². The summed E-state index contributed by atoms with van der Waals surface area (Å²) in [5, 5.41) is 14.7. The standard InChI is InChI=1S/C14H12N6O/c15-14(21)8-3-1-2-4-12(8)20-13-9-5-17-19-10(9)6-16-11(13)7-18-20/h1-5,7,16H,6H2,(H2,15,21)(H,17,19). The highest BCUT2D eigenvalue weighted by molar-refractivity contribution is 5.97. The molecule has 104 valence electrons. The quantitative estimate of drug-likeness (QED) is 0.658. The van der Waals surface area contributed by atoms with Gasteiger partial charge in [-0.15, -0.1) is 0 Å². The van der Waals surface area contributed by atoms with Gasteiger partial charge in [0.1, 0.15) is 5.69 Å². The number of H-pyrrole nitrogens is 1. The maximum absolute atomic E-state index is 11.6. The van der Waals surface area contributed by atoms with Crippen LogP contribution in [-0.2, 0) is 6.54 Å². The minimum Gasteiger partial charge on any atom is -0.376 e. The van der Waals surface area contributed by atoms with Crippen molar-refractivity contribution in [3.05, 3.63) is 47.9 Å². The van der Waals surface area contributed by atoms with Crippen LogP contribution in [0.1, 0.15) is 16.1 Å². The summed E-state index contributed by atoms with van der Waals surface area (Å²) in [5.41, 5.74) is 10.3. The number of carbonyl (C=O) groups is 1. The highest BCUT2D eigenvalue weighted by atomic mass is 16.1. The molecule has 1 amide bonds. The lowest BCUT2D eigenvalue weighted by Crippen LogP contribution is -2.16. The van der Waals surface area contributed by atoms with E-state index in [1.165, 1.54) is 0 Å². The molecule has 0 radical (unpaired) electrons. The maximum Gasteiger partial charge on any atom is 0.250 e. The van der Waals surface area contributed by atoms with Gasteiger partial charge in [-0.05, 0) is 12.1 Å². The number of hydrogen-bond donors (Lipinski definition) is 3. The second-order valence-electron chi connectivity index (χ2n) is 4.82.